The number of hydrogen-bond acceptors (Lipinski definition) is 2. The number of rotatable bonds is 2. The highest BCUT2D eigenvalue weighted by Crippen LogP contribution is 2.23. The molecule has 4 heteroatoms. The lowest BCUT2D eigenvalue weighted by atomic mass is 10.1. The van der Waals surface area contributed by atoms with Gasteiger partial charge in [-0.15, -0.1) is 0 Å². The van der Waals surface area contributed by atoms with E-state index in [4.69, 9.17) is 4.98 Å². The van der Waals surface area contributed by atoms with Crippen LogP contribution in [0.15, 0.2) is 77.6 Å². The lowest BCUT2D eigenvalue weighted by Gasteiger charge is -2.12. The predicted molar refractivity (Wildman–Crippen MR) is 105 cm³/mol. The maximum absolute atomic E-state index is 13.4. The van der Waals surface area contributed by atoms with Gasteiger partial charge in [-0.25, -0.2) is 14.2 Å². The first-order chi connectivity index (χ1) is 12.7. The van der Waals surface area contributed by atoms with E-state index < -0.39 is 0 Å². The molecule has 2 heterocycles. The summed E-state index contributed by atoms with van der Waals surface area (Å²) in [7, 11) is 0. The lowest BCUT2D eigenvalue weighted by molar-refractivity contribution is 0.752. The summed E-state index contributed by atoms with van der Waals surface area (Å²) in [4.78, 5) is 18.1. The Kier molecular flexibility index (Phi) is 3.19. The van der Waals surface area contributed by atoms with Crippen molar-refractivity contribution in [1.29, 1.82) is 0 Å². The molecule has 0 amide bonds. The number of imidazole rings is 1. The van der Waals surface area contributed by atoms with E-state index in [1.807, 2.05) is 71.3 Å². The van der Waals surface area contributed by atoms with Crippen molar-refractivity contribution in [2.24, 2.45) is 0 Å². The van der Waals surface area contributed by atoms with Crippen molar-refractivity contribution in [3.05, 3.63) is 94.4 Å². The van der Waals surface area contributed by atoms with E-state index >= 15 is 0 Å². The second kappa shape index (κ2) is 5.56. The maximum Gasteiger partial charge on any atom is 0.335 e. The van der Waals surface area contributed by atoms with Crippen LogP contribution in [-0.4, -0.2) is 14.0 Å². The van der Waals surface area contributed by atoms with Gasteiger partial charge in [0.25, 0.3) is 0 Å². The van der Waals surface area contributed by atoms with Crippen molar-refractivity contribution in [2.45, 2.75) is 13.5 Å². The number of aromatic nitrogens is 3. The number of hydrogen-bond donors (Lipinski definition) is 0. The van der Waals surface area contributed by atoms with Gasteiger partial charge in [0.05, 0.1) is 23.1 Å². The Bertz CT molecular complexity index is 1330. The van der Waals surface area contributed by atoms with Crippen LogP contribution in [0.4, 0.5) is 0 Å². The van der Waals surface area contributed by atoms with Gasteiger partial charge in [0.15, 0.2) is 5.65 Å². The van der Waals surface area contributed by atoms with Gasteiger partial charge in [-0.1, -0.05) is 54.1 Å². The van der Waals surface area contributed by atoms with E-state index in [1.165, 1.54) is 0 Å². The highest BCUT2D eigenvalue weighted by molar-refractivity contribution is 5.96. The van der Waals surface area contributed by atoms with Crippen LogP contribution in [-0.2, 0) is 6.54 Å². The normalized spacial score (nSPS) is 11.6. The molecule has 4 nitrogen and oxygen atoms in total. The number of nitrogens with zero attached hydrogens (tertiary/aromatic N) is 3. The molecule has 0 aliphatic carbocycles. The Labute approximate surface area is 150 Å². The second-order valence-corrected chi connectivity index (χ2v) is 6.63. The Hall–Kier alpha value is -3.40. The van der Waals surface area contributed by atoms with E-state index in [-0.39, 0.29) is 5.69 Å². The molecule has 26 heavy (non-hydrogen) atoms. The van der Waals surface area contributed by atoms with Crippen molar-refractivity contribution in [3.8, 4) is 0 Å². The molecule has 0 N–H and O–H groups in total. The highest BCUT2D eigenvalue weighted by Gasteiger charge is 2.15. The molecule has 0 bridgehead atoms. The molecule has 2 aromatic heterocycles. The lowest BCUT2D eigenvalue weighted by Crippen LogP contribution is -2.27. The molecule has 5 aromatic rings. The number of aryl methyl sites for hydroxylation is 1. The summed E-state index contributed by atoms with van der Waals surface area (Å²) >= 11 is 0. The molecular weight excluding hydrogens is 322 g/mol. The van der Waals surface area contributed by atoms with Gasteiger partial charge in [-0.3, -0.25) is 4.57 Å². The summed E-state index contributed by atoms with van der Waals surface area (Å²) in [5, 5.41) is 0.997. The number of benzene rings is 3. The minimum Gasteiger partial charge on any atom is -0.289 e. The van der Waals surface area contributed by atoms with Gasteiger partial charge in [0.2, 0.25) is 0 Å². The molecule has 5 rings (SSSR count). The van der Waals surface area contributed by atoms with E-state index in [9.17, 15) is 4.79 Å². The second-order valence-electron chi connectivity index (χ2n) is 6.63. The fourth-order valence-corrected chi connectivity index (χ4v) is 3.61. The number of para-hydroxylation sites is 2. The molecule has 0 fully saturated rings. The van der Waals surface area contributed by atoms with Gasteiger partial charge in [0.1, 0.15) is 0 Å². The molecule has 0 aliphatic rings. The first-order valence-corrected chi connectivity index (χ1v) is 8.67. The average molecular weight is 339 g/mol. The average Bonchev–Trinajstić information content (AvgIpc) is 3.06. The van der Waals surface area contributed by atoms with Crippen LogP contribution < -0.4 is 5.69 Å². The maximum atomic E-state index is 13.4. The van der Waals surface area contributed by atoms with Gasteiger partial charge in [0, 0.05) is 5.39 Å². The van der Waals surface area contributed by atoms with Crippen molar-refractivity contribution < 1.29 is 0 Å². The Morgan fingerprint density at radius 1 is 0.885 bits per heavy atom. The molecule has 3 aromatic carbocycles. The van der Waals surface area contributed by atoms with Crippen LogP contribution in [0.25, 0.3) is 27.6 Å². The molecule has 0 saturated heterocycles. The molecule has 0 unspecified atom stereocenters. The van der Waals surface area contributed by atoms with Gasteiger partial charge in [-0.05, 0) is 36.8 Å². The van der Waals surface area contributed by atoms with Crippen molar-refractivity contribution in [1.82, 2.24) is 14.0 Å². The Morgan fingerprint density at radius 2 is 1.65 bits per heavy atom. The zero-order valence-corrected chi connectivity index (χ0v) is 14.4. The number of fused-ring (bicyclic) bond motifs is 5. The SMILES string of the molecule is Cc1ccc2c(c1)c1nc3ccccc3n1c(=O)n2Cc1ccccc1. The first-order valence-electron chi connectivity index (χ1n) is 8.67. The van der Waals surface area contributed by atoms with Crippen LogP contribution in [0.1, 0.15) is 11.1 Å². The molecule has 0 spiro atoms. The third-order valence-corrected chi connectivity index (χ3v) is 4.85. The quantitative estimate of drug-likeness (QED) is 0.484. The van der Waals surface area contributed by atoms with Gasteiger partial charge < -0.3 is 0 Å². The zero-order chi connectivity index (χ0) is 17.7. The highest BCUT2D eigenvalue weighted by atomic mass is 16.1. The van der Waals surface area contributed by atoms with E-state index in [1.54, 1.807) is 4.40 Å². The van der Waals surface area contributed by atoms with Crippen molar-refractivity contribution in [2.75, 3.05) is 0 Å². The summed E-state index contributed by atoms with van der Waals surface area (Å²) < 4.78 is 3.57. The topological polar surface area (TPSA) is 39.3 Å². The third kappa shape index (κ3) is 2.15. The minimum absolute atomic E-state index is 0.0612. The summed E-state index contributed by atoms with van der Waals surface area (Å²) in [6.07, 6.45) is 0. The predicted octanol–water partition coefficient (Wildman–Crippen LogP) is 4.16. The summed E-state index contributed by atoms with van der Waals surface area (Å²) in [5.41, 5.74) is 5.50. The summed E-state index contributed by atoms with van der Waals surface area (Å²) in [6.45, 7) is 2.59. The van der Waals surface area contributed by atoms with Crippen LogP contribution in [0.3, 0.4) is 0 Å². The van der Waals surface area contributed by atoms with Crippen LogP contribution in [0, 0.1) is 6.92 Å². The molecular formula is C22H17N3O. The van der Waals surface area contributed by atoms with Gasteiger partial charge >= 0.3 is 5.69 Å². The fourth-order valence-electron chi connectivity index (χ4n) is 3.61. The first kappa shape index (κ1) is 14.9. The molecule has 0 aliphatic heterocycles. The largest absolute Gasteiger partial charge is 0.335 e. The van der Waals surface area contributed by atoms with E-state index in [0.29, 0.717) is 6.54 Å². The summed E-state index contributed by atoms with van der Waals surface area (Å²) in [5.74, 6) is 0. The van der Waals surface area contributed by atoms with Crippen molar-refractivity contribution in [3.63, 3.8) is 0 Å². The monoisotopic (exact) mass is 339 g/mol. The Morgan fingerprint density at radius 3 is 2.50 bits per heavy atom. The fraction of sp³-hybridized carbons (Fsp3) is 0.0909. The Balaban J connectivity index is 1.95. The zero-order valence-electron chi connectivity index (χ0n) is 14.4. The van der Waals surface area contributed by atoms with Gasteiger partial charge in [-0.2, -0.15) is 0 Å². The standard InChI is InChI=1S/C22H17N3O/c1-15-11-12-19-17(13-15)21-23-18-9-5-6-10-20(18)25(21)22(26)24(19)14-16-7-3-2-4-8-16/h2-13H,14H2,1H3. The van der Waals surface area contributed by atoms with E-state index in [0.717, 1.165) is 38.7 Å². The minimum atomic E-state index is -0.0612. The summed E-state index contributed by atoms with van der Waals surface area (Å²) in [6, 6.07) is 24.0. The van der Waals surface area contributed by atoms with Crippen LogP contribution in [0.5, 0.6) is 0 Å². The van der Waals surface area contributed by atoms with Crippen LogP contribution in [0.2, 0.25) is 0 Å². The molecule has 0 saturated carbocycles. The molecule has 0 atom stereocenters. The molecule has 126 valence electrons. The van der Waals surface area contributed by atoms with Crippen LogP contribution >= 0.6 is 0 Å². The smallest absolute Gasteiger partial charge is 0.289 e. The van der Waals surface area contributed by atoms with Crippen molar-refractivity contribution >= 4 is 27.6 Å². The van der Waals surface area contributed by atoms with E-state index in [2.05, 4.69) is 13.0 Å². The third-order valence-electron chi connectivity index (χ3n) is 4.85. The molecule has 0 radical (unpaired) electrons.